The summed E-state index contributed by atoms with van der Waals surface area (Å²) in [5, 5.41) is 0. The lowest BCUT2D eigenvalue weighted by Crippen LogP contribution is -2.35. The van der Waals surface area contributed by atoms with Crippen LogP contribution in [0.15, 0.2) is 12.4 Å². The van der Waals surface area contributed by atoms with E-state index in [4.69, 9.17) is 5.73 Å². The van der Waals surface area contributed by atoms with Crippen molar-refractivity contribution < 1.29 is 0 Å². The molecular formula is C13H23N3. The van der Waals surface area contributed by atoms with E-state index in [0.29, 0.717) is 22.8 Å². The van der Waals surface area contributed by atoms with Crippen LogP contribution in [0.2, 0.25) is 0 Å². The van der Waals surface area contributed by atoms with E-state index in [0.717, 1.165) is 0 Å². The number of anilines is 1. The first-order chi connectivity index (χ1) is 7.29. The normalized spacial score (nSPS) is 24.5. The van der Waals surface area contributed by atoms with Crippen LogP contribution in [0.25, 0.3) is 0 Å². The largest absolute Gasteiger partial charge is 0.369 e. The quantitative estimate of drug-likeness (QED) is 0.791. The molecule has 2 rings (SSSR count). The van der Waals surface area contributed by atoms with Gasteiger partial charge in [-0.1, -0.05) is 27.7 Å². The molecule has 0 radical (unpaired) electrons. The van der Waals surface area contributed by atoms with Crippen molar-refractivity contribution in [2.45, 2.75) is 53.0 Å². The van der Waals surface area contributed by atoms with Gasteiger partial charge in [0.15, 0.2) is 5.95 Å². The summed E-state index contributed by atoms with van der Waals surface area (Å²) in [5.74, 6) is 0.651. The molecule has 1 aliphatic carbocycles. The van der Waals surface area contributed by atoms with Crippen LogP contribution in [0, 0.1) is 10.8 Å². The zero-order valence-electron chi connectivity index (χ0n) is 10.8. The van der Waals surface area contributed by atoms with Gasteiger partial charge < -0.3 is 10.3 Å². The van der Waals surface area contributed by atoms with Crippen LogP contribution in [0.4, 0.5) is 5.95 Å². The standard InChI is InChI=1S/C13H23N3/c1-12(2)7-10(8-13(3,4)9-12)16-6-5-15-11(16)14/h5-6,10H,7-9H2,1-4H3,(H2,14,15). The highest BCUT2D eigenvalue weighted by Gasteiger charge is 2.39. The molecule has 1 heterocycles. The van der Waals surface area contributed by atoms with Crippen molar-refractivity contribution in [2.24, 2.45) is 10.8 Å². The van der Waals surface area contributed by atoms with E-state index in [1.807, 2.05) is 6.20 Å². The van der Waals surface area contributed by atoms with Crippen molar-refractivity contribution in [3.8, 4) is 0 Å². The summed E-state index contributed by atoms with van der Waals surface area (Å²) in [6.45, 7) is 9.42. The smallest absolute Gasteiger partial charge is 0.200 e. The second kappa shape index (κ2) is 3.51. The second-order valence-corrected chi connectivity index (χ2v) is 6.76. The fourth-order valence-corrected chi connectivity index (χ4v) is 3.62. The third kappa shape index (κ3) is 2.23. The minimum Gasteiger partial charge on any atom is -0.369 e. The van der Waals surface area contributed by atoms with Gasteiger partial charge in [0.2, 0.25) is 0 Å². The molecule has 0 aromatic carbocycles. The summed E-state index contributed by atoms with van der Waals surface area (Å²) >= 11 is 0. The molecule has 0 aliphatic heterocycles. The van der Waals surface area contributed by atoms with Crippen molar-refractivity contribution in [2.75, 3.05) is 5.73 Å². The monoisotopic (exact) mass is 221 g/mol. The Bertz CT molecular complexity index is 360. The topological polar surface area (TPSA) is 43.8 Å². The molecule has 0 unspecified atom stereocenters. The fraction of sp³-hybridized carbons (Fsp3) is 0.769. The fourth-order valence-electron chi connectivity index (χ4n) is 3.62. The molecule has 1 aromatic rings. The summed E-state index contributed by atoms with van der Waals surface area (Å²) in [4.78, 5) is 4.13. The second-order valence-electron chi connectivity index (χ2n) is 6.76. The van der Waals surface area contributed by atoms with E-state index in [9.17, 15) is 0 Å². The van der Waals surface area contributed by atoms with Gasteiger partial charge in [-0.05, 0) is 30.1 Å². The molecule has 1 aromatic heterocycles. The van der Waals surface area contributed by atoms with Gasteiger partial charge in [0, 0.05) is 18.4 Å². The lowest BCUT2D eigenvalue weighted by molar-refractivity contribution is 0.0731. The Morgan fingerprint density at radius 2 is 1.81 bits per heavy atom. The summed E-state index contributed by atoms with van der Waals surface area (Å²) in [5.41, 5.74) is 6.68. The van der Waals surface area contributed by atoms with Crippen LogP contribution in [0.3, 0.4) is 0 Å². The van der Waals surface area contributed by atoms with E-state index in [1.54, 1.807) is 6.20 Å². The third-order valence-electron chi connectivity index (χ3n) is 3.63. The first kappa shape index (κ1) is 11.5. The lowest BCUT2D eigenvalue weighted by atomic mass is 9.63. The predicted molar refractivity (Wildman–Crippen MR) is 67.1 cm³/mol. The average molecular weight is 221 g/mol. The Morgan fingerprint density at radius 3 is 2.25 bits per heavy atom. The summed E-state index contributed by atoms with van der Waals surface area (Å²) < 4.78 is 2.14. The molecule has 3 nitrogen and oxygen atoms in total. The minimum atomic E-state index is 0.392. The maximum Gasteiger partial charge on any atom is 0.200 e. The molecule has 0 spiro atoms. The Hall–Kier alpha value is -0.990. The van der Waals surface area contributed by atoms with Gasteiger partial charge in [-0.25, -0.2) is 4.98 Å². The molecule has 0 saturated heterocycles. The number of hydrogen-bond donors (Lipinski definition) is 1. The zero-order chi connectivity index (χ0) is 12.0. The highest BCUT2D eigenvalue weighted by atomic mass is 15.2. The number of nitrogen functional groups attached to an aromatic ring is 1. The summed E-state index contributed by atoms with van der Waals surface area (Å²) in [7, 11) is 0. The Morgan fingerprint density at radius 1 is 1.25 bits per heavy atom. The van der Waals surface area contributed by atoms with Crippen molar-refractivity contribution in [1.29, 1.82) is 0 Å². The Labute approximate surface area is 98.1 Å². The van der Waals surface area contributed by atoms with Gasteiger partial charge in [-0.15, -0.1) is 0 Å². The molecule has 0 atom stereocenters. The molecule has 0 amide bonds. The average Bonchev–Trinajstić information content (AvgIpc) is 2.45. The first-order valence-electron chi connectivity index (χ1n) is 6.07. The summed E-state index contributed by atoms with van der Waals surface area (Å²) in [6.07, 6.45) is 7.47. The maximum atomic E-state index is 5.90. The number of rotatable bonds is 1. The minimum absolute atomic E-state index is 0.392. The van der Waals surface area contributed by atoms with E-state index >= 15 is 0 Å². The molecule has 0 bridgehead atoms. The van der Waals surface area contributed by atoms with Gasteiger partial charge in [0.05, 0.1) is 0 Å². The number of nitrogens with two attached hydrogens (primary N) is 1. The SMILES string of the molecule is CC1(C)CC(n2ccnc2N)CC(C)(C)C1. The van der Waals surface area contributed by atoms with Crippen LogP contribution < -0.4 is 5.73 Å². The van der Waals surface area contributed by atoms with Crippen molar-refractivity contribution in [3.63, 3.8) is 0 Å². The van der Waals surface area contributed by atoms with E-state index in [-0.39, 0.29) is 0 Å². The highest BCUT2D eigenvalue weighted by molar-refractivity contribution is 5.18. The third-order valence-corrected chi connectivity index (χ3v) is 3.63. The van der Waals surface area contributed by atoms with E-state index in [2.05, 4.69) is 37.2 Å². The van der Waals surface area contributed by atoms with Gasteiger partial charge in [-0.2, -0.15) is 0 Å². The van der Waals surface area contributed by atoms with Crippen molar-refractivity contribution >= 4 is 5.95 Å². The Kier molecular flexibility index (Phi) is 2.52. The van der Waals surface area contributed by atoms with Gasteiger partial charge in [0.25, 0.3) is 0 Å². The molecule has 1 aliphatic rings. The Balaban J connectivity index is 2.26. The zero-order valence-corrected chi connectivity index (χ0v) is 10.8. The number of nitrogens with zero attached hydrogens (tertiary/aromatic N) is 2. The van der Waals surface area contributed by atoms with Crippen molar-refractivity contribution in [3.05, 3.63) is 12.4 Å². The van der Waals surface area contributed by atoms with Gasteiger partial charge >= 0.3 is 0 Å². The predicted octanol–water partition coefficient (Wildman–Crippen LogP) is 3.24. The summed E-state index contributed by atoms with van der Waals surface area (Å²) in [6, 6.07) is 0.501. The lowest BCUT2D eigenvalue weighted by Gasteiger charge is -2.45. The maximum absolute atomic E-state index is 5.90. The van der Waals surface area contributed by atoms with Gasteiger partial charge in [-0.3, -0.25) is 0 Å². The van der Waals surface area contributed by atoms with Crippen LogP contribution in [0.1, 0.15) is 53.0 Å². The van der Waals surface area contributed by atoms with E-state index < -0.39 is 0 Å². The number of imidazole rings is 1. The number of aromatic nitrogens is 2. The number of hydrogen-bond acceptors (Lipinski definition) is 2. The first-order valence-corrected chi connectivity index (χ1v) is 6.07. The molecule has 16 heavy (non-hydrogen) atoms. The molecular weight excluding hydrogens is 198 g/mol. The van der Waals surface area contributed by atoms with Crippen LogP contribution in [-0.4, -0.2) is 9.55 Å². The molecule has 1 saturated carbocycles. The van der Waals surface area contributed by atoms with Crippen molar-refractivity contribution in [1.82, 2.24) is 9.55 Å². The van der Waals surface area contributed by atoms with Gasteiger partial charge in [0.1, 0.15) is 0 Å². The highest BCUT2D eigenvalue weighted by Crippen LogP contribution is 2.50. The van der Waals surface area contributed by atoms with Crippen LogP contribution >= 0.6 is 0 Å². The van der Waals surface area contributed by atoms with Crippen LogP contribution in [0.5, 0.6) is 0 Å². The molecule has 2 N–H and O–H groups in total. The molecule has 1 fully saturated rings. The molecule has 3 heteroatoms. The molecule has 90 valence electrons. The van der Waals surface area contributed by atoms with E-state index in [1.165, 1.54) is 19.3 Å². The van der Waals surface area contributed by atoms with Crippen LogP contribution in [-0.2, 0) is 0 Å².